The molecule has 0 radical (unpaired) electrons. The van der Waals surface area contributed by atoms with Crippen molar-refractivity contribution in [2.75, 3.05) is 29.4 Å². The number of fused-ring (bicyclic) bond motifs is 1. The van der Waals surface area contributed by atoms with Crippen LogP contribution in [0.15, 0.2) is 36.7 Å². The van der Waals surface area contributed by atoms with E-state index in [1.807, 2.05) is 0 Å². The summed E-state index contributed by atoms with van der Waals surface area (Å²) >= 11 is 1.27. The second-order valence-corrected chi connectivity index (χ2v) is 7.58. The molecular weight excluding hydrogens is 377 g/mol. The molecule has 0 N–H and O–H groups in total. The molecular formula is C20H20FN5OS. The quantitative estimate of drug-likeness (QED) is 0.668. The third kappa shape index (κ3) is 3.35. The second-order valence-electron chi connectivity index (χ2n) is 6.58. The summed E-state index contributed by atoms with van der Waals surface area (Å²) in [5.74, 6) is -0.0247. The third-order valence-corrected chi connectivity index (χ3v) is 5.79. The zero-order valence-corrected chi connectivity index (χ0v) is 16.5. The SMILES string of the molecule is CCCN1CCN(C(=O)c2sc(-c3ncccn3)nc2C)c2cc(F)ccc21. The number of rotatable bonds is 4. The van der Waals surface area contributed by atoms with Crippen molar-refractivity contribution in [2.24, 2.45) is 0 Å². The lowest BCUT2D eigenvalue weighted by molar-refractivity contribution is 0.0989. The minimum atomic E-state index is -0.353. The summed E-state index contributed by atoms with van der Waals surface area (Å²) in [5.41, 5.74) is 2.12. The van der Waals surface area contributed by atoms with Gasteiger partial charge in [0, 0.05) is 32.0 Å². The van der Waals surface area contributed by atoms with Gasteiger partial charge in [-0.2, -0.15) is 0 Å². The van der Waals surface area contributed by atoms with Gasteiger partial charge in [0.1, 0.15) is 10.7 Å². The van der Waals surface area contributed by atoms with E-state index in [-0.39, 0.29) is 11.7 Å². The highest BCUT2D eigenvalue weighted by Crippen LogP contribution is 2.36. The Hall–Kier alpha value is -2.87. The highest BCUT2D eigenvalue weighted by Gasteiger charge is 2.30. The van der Waals surface area contributed by atoms with Crippen LogP contribution in [-0.4, -0.2) is 40.5 Å². The Labute approximate surface area is 166 Å². The maximum absolute atomic E-state index is 14.0. The summed E-state index contributed by atoms with van der Waals surface area (Å²) in [4.78, 5) is 30.6. The maximum Gasteiger partial charge on any atom is 0.270 e. The number of benzene rings is 1. The van der Waals surface area contributed by atoms with E-state index in [0.717, 1.165) is 18.7 Å². The Balaban J connectivity index is 1.70. The number of carbonyl (C=O) groups excluding carboxylic acids is 1. The number of halogens is 1. The molecule has 0 atom stereocenters. The molecule has 0 fully saturated rings. The fourth-order valence-corrected chi connectivity index (χ4v) is 4.34. The minimum absolute atomic E-state index is 0.167. The van der Waals surface area contributed by atoms with Gasteiger partial charge in [-0.05, 0) is 37.6 Å². The normalized spacial score (nSPS) is 13.5. The van der Waals surface area contributed by atoms with E-state index >= 15 is 0 Å². The molecule has 1 aromatic carbocycles. The molecule has 0 saturated carbocycles. The molecule has 0 unspecified atom stereocenters. The van der Waals surface area contributed by atoms with Crippen molar-refractivity contribution in [2.45, 2.75) is 20.3 Å². The molecule has 28 heavy (non-hydrogen) atoms. The molecule has 3 aromatic rings. The Morgan fingerprint density at radius 2 is 2.00 bits per heavy atom. The summed E-state index contributed by atoms with van der Waals surface area (Å²) in [6.45, 7) is 5.99. The summed E-state index contributed by atoms with van der Waals surface area (Å²) in [7, 11) is 0. The Kier molecular flexibility index (Phi) is 5.04. The number of hydrogen-bond donors (Lipinski definition) is 0. The van der Waals surface area contributed by atoms with Crippen LogP contribution in [0.5, 0.6) is 0 Å². The number of nitrogens with zero attached hydrogens (tertiary/aromatic N) is 5. The molecule has 2 aromatic heterocycles. The average molecular weight is 397 g/mol. The molecule has 1 amide bonds. The number of anilines is 2. The Morgan fingerprint density at radius 3 is 2.75 bits per heavy atom. The summed E-state index contributed by atoms with van der Waals surface area (Å²) < 4.78 is 14.0. The highest BCUT2D eigenvalue weighted by molar-refractivity contribution is 7.17. The maximum atomic E-state index is 14.0. The predicted octanol–water partition coefficient (Wildman–Crippen LogP) is 3.92. The van der Waals surface area contributed by atoms with Crippen molar-refractivity contribution >= 4 is 28.6 Å². The van der Waals surface area contributed by atoms with Crippen LogP contribution in [0.3, 0.4) is 0 Å². The lowest BCUT2D eigenvalue weighted by atomic mass is 10.1. The second kappa shape index (κ2) is 7.63. The monoisotopic (exact) mass is 397 g/mol. The Bertz CT molecular complexity index is 1010. The van der Waals surface area contributed by atoms with Crippen LogP contribution in [0.2, 0.25) is 0 Å². The fraction of sp³-hybridized carbons (Fsp3) is 0.300. The van der Waals surface area contributed by atoms with Gasteiger partial charge in [0.25, 0.3) is 5.91 Å². The van der Waals surface area contributed by atoms with Crippen molar-refractivity contribution in [3.05, 3.63) is 53.0 Å². The first-order valence-corrected chi connectivity index (χ1v) is 10.0. The van der Waals surface area contributed by atoms with E-state index < -0.39 is 0 Å². The number of thiazole rings is 1. The van der Waals surface area contributed by atoms with Crippen molar-refractivity contribution < 1.29 is 9.18 Å². The lowest BCUT2D eigenvalue weighted by Crippen LogP contribution is -2.44. The fourth-order valence-electron chi connectivity index (χ4n) is 3.38. The van der Waals surface area contributed by atoms with Gasteiger partial charge in [0.2, 0.25) is 0 Å². The predicted molar refractivity (Wildman–Crippen MR) is 108 cm³/mol. The van der Waals surface area contributed by atoms with Gasteiger partial charge in [-0.15, -0.1) is 11.3 Å². The van der Waals surface area contributed by atoms with Crippen LogP contribution >= 0.6 is 11.3 Å². The van der Waals surface area contributed by atoms with Crippen LogP contribution in [0.25, 0.3) is 10.8 Å². The van der Waals surface area contributed by atoms with Crippen LogP contribution in [0.1, 0.15) is 28.7 Å². The minimum Gasteiger partial charge on any atom is -0.368 e. The number of amides is 1. The molecule has 0 aliphatic carbocycles. The first-order chi connectivity index (χ1) is 13.6. The zero-order valence-electron chi connectivity index (χ0n) is 15.7. The van der Waals surface area contributed by atoms with E-state index in [1.54, 1.807) is 36.4 Å². The van der Waals surface area contributed by atoms with Crippen LogP contribution in [-0.2, 0) is 0 Å². The molecule has 1 aliphatic rings. The van der Waals surface area contributed by atoms with Crippen molar-refractivity contribution in [3.63, 3.8) is 0 Å². The van der Waals surface area contributed by atoms with Gasteiger partial charge in [-0.25, -0.2) is 19.3 Å². The van der Waals surface area contributed by atoms with Gasteiger partial charge in [-0.3, -0.25) is 4.79 Å². The molecule has 1 aliphatic heterocycles. The Morgan fingerprint density at radius 1 is 1.21 bits per heavy atom. The molecule has 3 heterocycles. The van der Waals surface area contributed by atoms with Crippen molar-refractivity contribution in [3.8, 4) is 10.8 Å². The summed E-state index contributed by atoms with van der Waals surface area (Å²) in [5, 5.41) is 0.602. The smallest absolute Gasteiger partial charge is 0.270 e. The van der Waals surface area contributed by atoms with Crippen molar-refractivity contribution in [1.29, 1.82) is 0 Å². The molecule has 6 nitrogen and oxygen atoms in total. The van der Waals surface area contributed by atoms with Crippen LogP contribution < -0.4 is 9.80 Å². The van der Waals surface area contributed by atoms with E-state index in [1.165, 1.54) is 23.5 Å². The van der Waals surface area contributed by atoms with Gasteiger partial charge in [0.05, 0.1) is 17.1 Å². The number of aromatic nitrogens is 3. The van der Waals surface area contributed by atoms with Gasteiger partial charge in [-0.1, -0.05) is 6.92 Å². The van der Waals surface area contributed by atoms with Crippen LogP contribution in [0.4, 0.5) is 15.8 Å². The molecule has 0 saturated heterocycles. The average Bonchev–Trinajstić information content (AvgIpc) is 3.10. The standard InChI is InChI=1S/C20H20FN5OS/c1-3-9-25-10-11-26(16-12-14(21)5-6-15(16)25)20(27)17-13(2)24-19(28-17)18-22-7-4-8-23-18/h4-8,12H,3,9-11H2,1-2H3. The summed E-state index contributed by atoms with van der Waals surface area (Å²) in [6, 6.07) is 6.37. The molecule has 4 rings (SSSR count). The number of aryl methyl sites for hydroxylation is 1. The van der Waals surface area contributed by atoms with Gasteiger partial charge >= 0.3 is 0 Å². The molecule has 8 heteroatoms. The first-order valence-electron chi connectivity index (χ1n) is 9.19. The first kappa shape index (κ1) is 18.5. The summed E-state index contributed by atoms with van der Waals surface area (Å²) in [6.07, 6.45) is 4.28. The van der Waals surface area contributed by atoms with E-state index in [2.05, 4.69) is 26.8 Å². The van der Waals surface area contributed by atoms with Crippen LogP contribution in [0, 0.1) is 12.7 Å². The zero-order chi connectivity index (χ0) is 19.7. The molecule has 0 bridgehead atoms. The van der Waals surface area contributed by atoms with E-state index in [9.17, 15) is 9.18 Å². The van der Waals surface area contributed by atoms with Crippen molar-refractivity contribution in [1.82, 2.24) is 15.0 Å². The molecule has 144 valence electrons. The van der Waals surface area contributed by atoms with E-state index in [4.69, 9.17) is 0 Å². The highest BCUT2D eigenvalue weighted by atomic mass is 32.1. The number of carbonyl (C=O) groups is 1. The third-order valence-electron chi connectivity index (χ3n) is 4.65. The van der Waals surface area contributed by atoms with Gasteiger partial charge < -0.3 is 9.80 Å². The number of hydrogen-bond acceptors (Lipinski definition) is 6. The largest absolute Gasteiger partial charge is 0.368 e. The molecule has 0 spiro atoms. The topological polar surface area (TPSA) is 62.2 Å². The van der Waals surface area contributed by atoms with E-state index in [0.29, 0.717) is 40.2 Å². The van der Waals surface area contributed by atoms with Gasteiger partial charge in [0.15, 0.2) is 10.8 Å². The lowest BCUT2D eigenvalue weighted by Gasteiger charge is -2.37.